The number of piperazine rings is 1. The molecule has 1 aromatic rings. The zero-order chi connectivity index (χ0) is 13.5. The standard InChI is InChI=1S/C10H17ClN4O2S/c1-8-9(10(11)14(3)12-8)18(16,17)15-6-4-13(2)5-7-15/h4-7H2,1-3H3. The van der Waals surface area contributed by atoms with Crippen LogP contribution in [0.2, 0.25) is 5.15 Å². The highest BCUT2D eigenvalue weighted by atomic mass is 35.5. The topological polar surface area (TPSA) is 58.4 Å². The summed E-state index contributed by atoms with van der Waals surface area (Å²) in [6, 6.07) is 0. The molecule has 2 heterocycles. The Morgan fingerprint density at radius 1 is 1.17 bits per heavy atom. The molecule has 0 aliphatic carbocycles. The lowest BCUT2D eigenvalue weighted by atomic mass is 10.4. The van der Waals surface area contributed by atoms with Crippen molar-refractivity contribution in [3.63, 3.8) is 0 Å². The number of hydrogen-bond acceptors (Lipinski definition) is 4. The van der Waals surface area contributed by atoms with E-state index in [1.807, 2.05) is 7.05 Å². The van der Waals surface area contributed by atoms with Gasteiger partial charge in [0.1, 0.15) is 10.0 Å². The second-order valence-electron chi connectivity index (χ2n) is 4.54. The van der Waals surface area contributed by atoms with Gasteiger partial charge in [-0.15, -0.1) is 0 Å². The van der Waals surface area contributed by atoms with Gasteiger partial charge in [0.15, 0.2) is 0 Å². The molecule has 1 fully saturated rings. The maximum absolute atomic E-state index is 12.5. The third-order valence-electron chi connectivity index (χ3n) is 3.16. The minimum absolute atomic E-state index is 0.135. The molecule has 1 aromatic heterocycles. The predicted octanol–water partition coefficient (Wildman–Crippen LogP) is 0.318. The molecule has 18 heavy (non-hydrogen) atoms. The Labute approximate surface area is 112 Å². The van der Waals surface area contributed by atoms with Crippen LogP contribution in [0, 0.1) is 6.92 Å². The van der Waals surface area contributed by atoms with Gasteiger partial charge in [-0.3, -0.25) is 4.68 Å². The Bertz CT molecular complexity index is 546. The Morgan fingerprint density at radius 2 is 1.72 bits per heavy atom. The SMILES string of the molecule is Cc1nn(C)c(Cl)c1S(=O)(=O)N1CCN(C)CC1. The maximum atomic E-state index is 12.5. The van der Waals surface area contributed by atoms with E-state index in [9.17, 15) is 8.42 Å². The van der Waals surface area contributed by atoms with Crippen molar-refractivity contribution in [3.8, 4) is 0 Å². The van der Waals surface area contributed by atoms with E-state index in [1.54, 1.807) is 14.0 Å². The smallest absolute Gasteiger partial charge is 0.248 e. The number of likely N-dealkylation sites (N-methyl/N-ethyl adjacent to an activating group) is 1. The molecule has 8 heteroatoms. The maximum Gasteiger partial charge on any atom is 0.248 e. The summed E-state index contributed by atoms with van der Waals surface area (Å²) in [4.78, 5) is 2.24. The van der Waals surface area contributed by atoms with E-state index in [4.69, 9.17) is 11.6 Å². The fourth-order valence-corrected chi connectivity index (χ4v) is 4.19. The van der Waals surface area contributed by atoms with Crippen molar-refractivity contribution in [2.24, 2.45) is 7.05 Å². The number of hydrogen-bond donors (Lipinski definition) is 0. The van der Waals surface area contributed by atoms with Crippen molar-refractivity contribution in [3.05, 3.63) is 10.8 Å². The van der Waals surface area contributed by atoms with Crippen molar-refractivity contribution in [1.29, 1.82) is 0 Å². The lowest BCUT2D eigenvalue weighted by Gasteiger charge is -2.31. The molecule has 1 aliphatic rings. The summed E-state index contributed by atoms with van der Waals surface area (Å²) in [5, 5.41) is 4.23. The second kappa shape index (κ2) is 4.80. The highest BCUT2D eigenvalue weighted by Crippen LogP contribution is 2.27. The van der Waals surface area contributed by atoms with Crippen molar-refractivity contribution in [2.45, 2.75) is 11.8 Å². The zero-order valence-corrected chi connectivity index (χ0v) is 12.3. The molecule has 0 saturated carbocycles. The number of rotatable bonds is 2. The third-order valence-corrected chi connectivity index (χ3v) is 5.76. The van der Waals surface area contributed by atoms with E-state index in [0.29, 0.717) is 18.8 Å². The largest absolute Gasteiger partial charge is 0.304 e. The Hall–Kier alpha value is -0.630. The van der Waals surface area contributed by atoms with Crippen LogP contribution in [0.25, 0.3) is 0 Å². The molecule has 1 aliphatic heterocycles. The van der Waals surface area contributed by atoms with Crippen LogP contribution in [0.15, 0.2) is 4.90 Å². The van der Waals surface area contributed by atoms with Crippen molar-refractivity contribution < 1.29 is 8.42 Å². The first-order chi connectivity index (χ1) is 8.34. The van der Waals surface area contributed by atoms with Gasteiger partial charge in [0, 0.05) is 33.2 Å². The molecule has 1 saturated heterocycles. The van der Waals surface area contributed by atoms with Crippen LogP contribution >= 0.6 is 11.6 Å². The first-order valence-electron chi connectivity index (χ1n) is 5.72. The van der Waals surface area contributed by atoms with Gasteiger partial charge in [-0.1, -0.05) is 11.6 Å². The summed E-state index contributed by atoms with van der Waals surface area (Å²) in [6.45, 7) is 4.11. The van der Waals surface area contributed by atoms with Gasteiger partial charge in [-0.05, 0) is 14.0 Å². The van der Waals surface area contributed by atoms with Gasteiger partial charge < -0.3 is 4.90 Å². The van der Waals surface area contributed by atoms with Gasteiger partial charge in [0.25, 0.3) is 0 Å². The van der Waals surface area contributed by atoms with E-state index >= 15 is 0 Å². The molecule has 6 nitrogen and oxygen atoms in total. The van der Waals surface area contributed by atoms with E-state index < -0.39 is 10.0 Å². The van der Waals surface area contributed by atoms with Crippen LogP contribution < -0.4 is 0 Å². The average molecular weight is 293 g/mol. The van der Waals surface area contributed by atoms with Gasteiger partial charge >= 0.3 is 0 Å². The molecular formula is C10H17ClN4O2S. The van der Waals surface area contributed by atoms with Crippen LogP contribution in [0.5, 0.6) is 0 Å². The van der Waals surface area contributed by atoms with E-state index in [0.717, 1.165) is 13.1 Å². The summed E-state index contributed by atoms with van der Waals surface area (Å²) in [5.41, 5.74) is 0.446. The first kappa shape index (κ1) is 13.8. The quantitative estimate of drug-likeness (QED) is 0.788. The second-order valence-corrected chi connectivity index (χ2v) is 6.77. The number of aromatic nitrogens is 2. The molecule has 102 valence electrons. The highest BCUT2D eigenvalue weighted by molar-refractivity contribution is 7.89. The number of nitrogens with zero attached hydrogens (tertiary/aromatic N) is 4. The average Bonchev–Trinajstić information content (AvgIpc) is 2.54. The fraction of sp³-hybridized carbons (Fsp3) is 0.700. The summed E-state index contributed by atoms with van der Waals surface area (Å²) < 4.78 is 27.9. The van der Waals surface area contributed by atoms with Gasteiger partial charge in [0.05, 0.1) is 5.69 Å². The number of halogens is 1. The number of sulfonamides is 1. The summed E-state index contributed by atoms with van der Waals surface area (Å²) >= 11 is 6.03. The van der Waals surface area contributed by atoms with Crippen molar-refractivity contribution in [1.82, 2.24) is 19.0 Å². The molecule has 0 N–H and O–H groups in total. The van der Waals surface area contributed by atoms with E-state index in [1.165, 1.54) is 8.99 Å². The molecule has 0 atom stereocenters. The third kappa shape index (κ3) is 2.27. The fourth-order valence-electron chi connectivity index (χ4n) is 2.06. The van der Waals surface area contributed by atoms with Crippen LogP contribution in [0.1, 0.15) is 5.69 Å². The molecule has 0 spiro atoms. The predicted molar refractivity (Wildman–Crippen MR) is 69.2 cm³/mol. The zero-order valence-electron chi connectivity index (χ0n) is 10.7. The molecule has 2 rings (SSSR count). The summed E-state index contributed by atoms with van der Waals surface area (Å²) in [6.07, 6.45) is 0. The van der Waals surface area contributed by atoms with E-state index in [2.05, 4.69) is 10.00 Å². The minimum Gasteiger partial charge on any atom is -0.304 e. The lowest BCUT2D eigenvalue weighted by molar-refractivity contribution is 0.222. The Balaban J connectivity index is 2.37. The Kier molecular flexibility index (Phi) is 3.68. The minimum atomic E-state index is -3.53. The van der Waals surface area contributed by atoms with Crippen molar-refractivity contribution >= 4 is 21.6 Å². The van der Waals surface area contributed by atoms with Crippen LogP contribution in [-0.2, 0) is 17.1 Å². The number of aryl methyl sites for hydroxylation is 2. The summed E-state index contributed by atoms with van der Waals surface area (Å²) in [7, 11) is 0.0811. The van der Waals surface area contributed by atoms with Crippen LogP contribution in [0.4, 0.5) is 0 Å². The molecule has 0 unspecified atom stereocenters. The van der Waals surface area contributed by atoms with Gasteiger partial charge in [0.2, 0.25) is 10.0 Å². The normalized spacial score (nSPS) is 19.3. The van der Waals surface area contributed by atoms with Crippen LogP contribution in [-0.4, -0.2) is 60.6 Å². The molecule has 0 amide bonds. The molecular weight excluding hydrogens is 276 g/mol. The van der Waals surface area contributed by atoms with Crippen LogP contribution in [0.3, 0.4) is 0 Å². The first-order valence-corrected chi connectivity index (χ1v) is 7.53. The monoisotopic (exact) mass is 292 g/mol. The molecule has 0 bridgehead atoms. The molecule has 0 radical (unpaired) electrons. The van der Waals surface area contributed by atoms with Gasteiger partial charge in [-0.2, -0.15) is 9.40 Å². The highest BCUT2D eigenvalue weighted by Gasteiger charge is 2.32. The Morgan fingerprint density at radius 3 is 2.17 bits per heavy atom. The van der Waals surface area contributed by atoms with E-state index in [-0.39, 0.29) is 10.0 Å². The molecule has 0 aromatic carbocycles. The summed E-state index contributed by atoms with van der Waals surface area (Å²) in [5.74, 6) is 0. The van der Waals surface area contributed by atoms with Gasteiger partial charge in [-0.25, -0.2) is 8.42 Å². The van der Waals surface area contributed by atoms with Crippen molar-refractivity contribution in [2.75, 3.05) is 33.2 Å². The lowest BCUT2D eigenvalue weighted by Crippen LogP contribution is -2.47.